The molecule has 1 aromatic rings. The molecule has 0 spiro atoms. The highest BCUT2D eigenvalue weighted by atomic mass is 16.5. The summed E-state index contributed by atoms with van der Waals surface area (Å²) in [5, 5.41) is 9.17. The van der Waals surface area contributed by atoms with E-state index in [1.807, 2.05) is 20.8 Å². The Balaban J connectivity index is 3.07. The third-order valence-corrected chi connectivity index (χ3v) is 2.98. The van der Waals surface area contributed by atoms with Gasteiger partial charge in [0.05, 0.1) is 18.3 Å². The lowest BCUT2D eigenvalue weighted by Crippen LogP contribution is -2.27. The van der Waals surface area contributed by atoms with Gasteiger partial charge in [0.15, 0.2) is 0 Å². The van der Waals surface area contributed by atoms with Crippen LogP contribution >= 0.6 is 0 Å². The second-order valence-electron chi connectivity index (χ2n) is 5.31. The number of carbonyl (C=O) groups is 2. The van der Waals surface area contributed by atoms with Gasteiger partial charge in [-0.15, -0.1) is 0 Å². The normalized spacial score (nSPS) is 10.7. The largest absolute Gasteiger partial charge is 0.478 e. The molecule has 0 bridgehead atoms. The molecule has 1 N–H and O–H groups in total. The van der Waals surface area contributed by atoms with Gasteiger partial charge in [0.2, 0.25) is 0 Å². The number of benzene rings is 1. The highest BCUT2D eigenvalue weighted by Gasteiger charge is 2.15. The van der Waals surface area contributed by atoms with E-state index in [1.165, 1.54) is 6.07 Å². The minimum atomic E-state index is -1.05. The summed E-state index contributed by atoms with van der Waals surface area (Å²) < 4.78 is 5.49. The van der Waals surface area contributed by atoms with Crippen molar-refractivity contribution in [3.8, 4) is 0 Å². The number of carboxylic acids is 1. The van der Waals surface area contributed by atoms with Crippen molar-refractivity contribution in [2.75, 3.05) is 13.6 Å². The average molecular weight is 293 g/mol. The van der Waals surface area contributed by atoms with Gasteiger partial charge in [-0.05, 0) is 44.0 Å². The quantitative estimate of drug-likeness (QED) is 0.839. The molecule has 1 rings (SSSR count). The maximum absolute atomic E-state index is 12.3. The molecule has 0 aliphatic rings. The van der Waals surface area contributed by atoms with Crippen LogP contribution in [0.15, 0.2) is 18.2 Å². The first-order chi connectivity index (χ1) is 9.85. The first-order valence-corrected chi connectivity index (χ1v) is 7.09. The summed E-state index contributed by atoms with van der Waals surface area (Å²) in [5.74, 6) is -1.22. The molecule has 0 aliphatic heterocycles. The monoisotopic (exact) mass is 293 g/mol. The molecular formula is C16H23NO4. The zero-order chi connectivity index (χ0) is 16.0. The standard InChI is InChI=1S/C16H23NO4/c1-5-6-17(4)15(18)13-7-12(10-21-11(2)3)8-14(9-13)16(19)20/h7-9,11H,5-6,10H2,1-4H3,(H,19,20). The maximum Gasteiger partial charge on any atom is 0.335 e. The molecule has 1 amide bonds. The number of aromatic carboxylic acids is 1. The summed E-state index contributed by atoms with van der Waals surface area (Å²) in [6.45, 7) is 6.72. The summed E-state index contributed by atoms with van der Waals surface area (Å²) in [7, 11) is 1.71. The first-order valence-electron chi connectivity index (χ1n) is 7.09. The van der Waals surface area contributed by atoms with Gasteiger partial charge in [-0.25, -0.2) is 4.79 Å². The number of hydrogen-bond acceptors (Lipinski definition) is 3. The van der Waals surface area contributed by atoms with E-state index in [1.54, 1.807) is 24.1 Å². The fourth-order valence-corrected chi connectivity index (χ4v) is 1.94. The molecule has 0 saturated heterocycles. The predicted octanol–water partition coefficient (Wildman–Crippen LogP) is 2.79. The van der Waals surface area contributed by atoms with Crippen molar-refractivity contribution in [1.82, 2.24) is 4.90 Å². The van der Waals surface area contributed by atoms with Crippen LogP contribution in [0.25, 0.3) is 0 Å². The highest BCUT2D eigenvalue weighted by molar-refractivity contribution is 5.97. The fourth-order valence-electron chi connectivity index (χ4n) is 1.94. The van der Waals surface area contributed by atoms with Gasteiger partial charge < -0.3 is 14.7 Å². The molecule has 0 aliphatic carbocycles. The molecule has 116 valence electrons. The minimum absolute atomic E-state index is 0.0420. The number of carboxylic acid groups (broad SMARTS) is 1. The first kappa shape index (κ1) is 17.2. The molecule has 0 aromatic heterocycles. The van der Waals surface area contributed by atoms with Crippen molar-refractivity contribution in [1.29, 1.82) is 0 Å². The summed E-state index contributed by atoms with van der Waals surface area (Å²) in [4.78, 5) is 25.1. The second-order valence-corrected chi connectivity index (χ2v) is 5.31. The Kier molecular flexibility index (Phi) is 6.37. The van der Waals surface area contributed by atoms with Crippen LogP contribution in [0.5, 0.6) is 0 Å². The lowest BCUT2D eigenvalue weighted by molar-refractivity contribution is 0.0651. The van der Waals surface area contributed by atoms with Crippen molar-refractivity contribution < 1.29 is 19.4 Å². The van der Waals surface area contributed by atoms with E-state index in [4.69, 9.17) is 9.84 Å². The SMILES string of the molecule is CCCN(C)C(=O)c1cc(COC(C)C)cc(C(=O)O)c1. The summed E-state index contributed by atoms with van der Waals surface area (Å²) in [6.07, 6.45) is 0.893. The Bertz CT molecular complexity index is 511. The van der Waals surface area contributed by atoms with Crippen molar-refractivity contribution >= 4 is 11.9 Å². The number of nitrogens with zero attached hydrogens (tertiary/aromatic N) is 1. The number of ether oxygens (including phenoxy) is 1. The molecule has 21 heavy (non-hydrogen) atoms. The fraction of sp³-hybridized carbons (Fsp3) is 0.500. The van der Waals surface area contributed by atoms with Crippen LogP contribution in [0.2, 0.25) is 0 Å². The average Bonchev–Trinajstić information content (AvgIpc) is 2.44. The number of carbonyl (C=O) groups excluding carboxylic acids is 1. The van der Waals surface area contributed by atoms with Crippen molar-refractivity contribution in [3.63, 3.8) is 0 Å². The van der Waals surface area contributed by atoms with Crippen molar-refractivity contribution in [2.24, 2.45) is 0 Å². The molecule has 5 heteroatoms. The van der Waals surface area contributed by atoms with Gasteiger partial charge >= 0.3 is 5.97 Å². The van der Waals surface area contributed by atoms with Gasteiger partial charge in [-0.3, -0.25) is 4.79 Å². The van der Waals surface area contributed by atoms with Gasteiger partial charge in [-0.1, -0.05) is 6.92 Å². The maximum atomic E-state index is 12.3. The Morgan fingerprint density at radius 1 is 1.24 bits per heavy atom. The Morgan fingerprint density at radius 2 is 1.86 bits per heavy atom. The van der Waals surface area contributed by atoms with Gasteiger partial charge in [0.1, 0.15) is 0 Å². The van der Waals surface area contributed by atoms with Crippen molar-refractivity contribution in [2.45, 2.75) is 39.9 Å². The third-order valence-electron chi connectivity index (χ3n) is 2.98. The van der Waals surface area contributed by atoms with Crippen LogP contribution in [0.3, 0.4) is 0 Å². The minimum Gasteiger partial charge on any atom is -0.478 e. The van der Waals surface area contributed by atoms with Crippen LogP contribution in [0.4, 0.5) is 0 Å². The highest BCUT2D eigenvalue weighted by Crippen LogP contribution is 2.14. The van der Waals surface area contributed by atoms with E-state index in [2.05, 4.69) is 0 Å². The van der Waals surface area contributed by atoms with Gasteiger partial charge in [-0.2, -0.15) is 0 Å². The molecule has 5 nitrogen and oxygen atoms in total. The zero-order valence-corrected chi connectivity index (χ0v) is 13.0. The van der Waals surface area contributed by atoms with Crippen LogP contribution in [-0.2, 0) is 11.3 Å². The summed E-state index contributed by atoms with van der Waals surface area (Å²) in [5.41, 5.74) is 1.18. The topological polar surface area (TPSA) is 66.8 Å². The lowest BCUT2D eigenvalue weighted by Gasteiger charge is -2.17. The van der Waals surface area contributed by atoms with Crippen LogP contribution in [0.1, 0.15) is 53.5 Å². The van der Waals surface area contributed by atoms with E-state index in [9.17, 15) is 9.59 Å². The molecule has 0 fully saturated rings. The van der Waals surface area contributed by atoms with Crippen molar-refractivity contribution in [3.05, 3.63) is 34.9 Å². The van der Waals surface area contributed by atoms with Crippen LogP contribution in [0, 0.1) is 0 Å². The second kappa shape index (κ2) is 7.78. The summed E-state index contributed by atoms with van der Waals surface area (Å²) in [6, 6.07) is 4.65. The van der Waals surface area contributed by atoms with Gasteiger partial charge in [0.25, 0.3) is 5.91 Å². The Morgan fingerprint density at radius 3 is 2.38 bits per heavy atom. The number of hydrogen-bond donors (Lipinski definition) is 1. The molecule has 0 atom stereocenters. The lowest BCUT2D eigenvalue weighted by atomic mass is 10.0. The molecule has 0 heterocycles. The molecule has 0 saturated carbocycles. The van der Waals surface area contributed by atoms with E-state index < -0.39 is 5.97 Å². The van der Waals surface area contributed by atoms with Crippen LogP contribution in [-0.4, -0.2) is 41.6 Å². The smallest absolute Gasteiger partial charge is 0.335 e. The van der Waals surface area contributed by atoms with E-state index >= 15 is 0 Å². The molecular weight excluding hydrogens is 270 g/mol. The van der Waals surface area contributed by atoms with E-state index in [-0.39, 0.29) is 24.2 Å². The van der Waals surface area contributed by atoms with Crippen LogP contribution < -0.4 is 0 Å². The predicted molar refractivity (Wildman–Crippen MR) is 80.6 cm³/mol. The zero-order valence-electron chi connectivity index (χ0n) is 13.0. The van der Waals surface area contributed by atoms with E-state index in [0.717, 1.165) is 6.42 Å². The third kappa shape index (κ3) is 5.19. The molecule has 0 radical (unpaired) electrons. The van der Waals surface area contributed by atoms with E-state index in [0.29, 0.717) is 17.7 Å². The summed E-state index contributed by atoms with van der Waals surface area (Å²) >= 11 is 0. The number of amides is 1. The Labute approximate surface area is 125 Å². The Hall–Kier alpha value is -1.88. The number of rotatable bonds is 7. The molecule has 0 unspecified atom stereocenters. The van der Waals surface area contributed by atoms with Gasteiger partial charge in [0, 0.05) is 19.2 Å². The molecule has 1 aromatic carbocycles.